The molecule has 0 spiro atoms. The molecule has 90 valence electrons. The first-order valence-electron chi connectivity index (χ1n) is 5.72. The third-order valence-corrected chi connectivity index (χ3v) is 3.36. The highest BCUT2D eigenvalue weighted by Gasteiger charge is 2.13. The maximum Gasteiger partial charge on any atom is 0.135 e. The highest BCUT2D eigenvalue weighted by Crippen LogP contribution is 2.13. The number of nitrogens with zero attached hydrogens (tertiary/aromatic N) is 2. The fourth-order valence-electron chi connectivity index (χ4n) is 1.94. The predicted octanol–water partition coefficient (Wildman–Crippen LogP) is 1.59. The molecule has 1 aliphatic rings. The lowest BCUT2D eigenvalue weighted by atomic mass is 10.0. The second kappa shape index (κ2) is 5.66. The van der Waals surface area contributed by atoms with Crippen LogP contribution in [0.4, 0.5) is 0 Å². The second-order valence-electron chi connectivity index (χ2n) is 4.28. The zero-order chi connectivity index (χ0) is 11.4. The van der Waals surface area contributed by atoms with E-state index in [0.717, 1.165) is 25.5 Å². The molecule has 2 rings (SSSR count). The fourth-order valence-corrected chi connectivity index (χ4v) is 2.09. The van der Waals surface area contributed by atoms with Crippen LogP contribution in [-0.2, 0) is 18.4 Å². The van der Waals surface area contributed by atoms with Crippen molar-refractivity contribution >= 4 is 11.6 Å². The third-order valence-electron chi connectivity index (χ3n) is 3.01. The molecular weight excluding hydrogens is 226 g/mol. The molecule has 0 aliphatic carbocycles. The van der Waals surface area contributed by atoms with Crippen LogP contribution in [0.3, 0.4) is 0 Å². The maximum atomic E-state index is 5.89. The molecule has 0 amide bonds. The second-order valence-corrected chi connectivity index (χ2v) is 4.67. The molecule has 1 unspecified atom stereocenters. The van der Waals surface area contributed by atoms with Gasteiger partial charge in [-0.05, 0) is 25.3 Å². The van der Waals surface area contributed by atoms with E-state index in [-0.39, 0.29) is 0 Å². The number of hydrogen-bond acceptors (Lipinski definition) is 3. The summed E-state index contributed by atoms with van der Waals surface area (Å²) in [6.07, 6.45) is 4.17. The summed E-state index contributed by atoms with van der Waals surface area (Å²) in [6.45, 7) is 3.56. The topological polar surface area (TPSA) is 39.1 Å². The number of hydrogen-bond donors (Lipinski definition) is 1. The van der Waals surface area contributed by atoms with Crippen molar-refractivity contribution < 1.29 is 4.74 Å². The van der Waals surface area contributed by atoms with Crippen LogP contribution in [0.5, 0.6) is 0 Å². The van der Waals surface area contributed by atoms with Gasteiger partial charge in [-0.1, -0.05) is 11.6 Å². The van der Waals surface area contributed by atoms with Crippen LogP contribution in [0.1, 0.15) is 18.7 Å². The Morgan fingerprint density at radius 3 is 3.19 bits per heavy atom. The van der Waals surface area contributed by atoms with Crippen molar-refractivity contribution in [1.29, 1.82) is 0 Å². The SMILES string of the molecule is Cn1c(Cl)cnc1COCC1CCCNC1. The maximum absolute atomic E-state index is 5.89. The van der Waals surface area contributed by atoms with Crippen molar-refractivity contribution in [1.82, 2.24) is 14.9 Å². The number of imidazole rings is 1. The molecular formula is C11H18ClN3O. The number of aromatic nitrogens is 2. The predicted molar refractivity (Wildman–Crippen MR) is 63.5 cm³/mol. The average molecular weight is 244 g/mol. The van der Waals surface area contributed by atoms with Crippen molar-refractivity contribution in [3.05, 3.63) is 17.2 Å². The lowest BCUT2D eigenvalue weighted by Gasteiger charge is -2.22. The first-order chi connectivity index (χ1) is 7.77. The molecule has 0 radical (unpaired) electrons. The molecule has 1 fully saturated rings. The van der Waals surface area contributed by atoms with Gasteiger partial charge in [0.1, 0.15) is 17.6 Å². The number of ether oxygens (including phenoxy) is 1. The number of rotatable bonds is 4. The Labute approximate surface area is 101 Å². The van der Waals surface area contributed by atoms with Gasteiger partial charge in [0.2, 0.25) is 0 Å². The van der Waals surface area contributed by atoms with Crippen molar-refractivity contribution in [3.63, 3.8) is 0 Å². The molecule has 4 nitrogen and oxygen atoms in total. The summed E-state index contributed by atoms with van der Waals surface area (Å²) in [7, 11) is 1.90. The van der Waals surface area contributed by atoms with E-state index in [1.54, 1.807) is 6.20 Å². The summed E-state index contributed by atoms with van der Waals surface area (Å²) in [5.74, 6) is 1.53. The first kappa shape index (κ1) is 11.9. The Hall–Kier alpha value is -0.580. The van der Waals surface area contributed by atoms with Gasteiger partial charge in [0.15, 0.2) is 0 Å². The average Bonchev–Trinajstić information content (AvgIpc) is 2.62. The summed E-state index contributed by atoms with van der Waals surface area (Å²) < 4.78 is 7.52. The molecule has 0 saturated carbocycles. The quantitative estimate of drug-likeness (QED) is 0.873. The van der Waals surface area contributed by atoms with Gasteiger partial charge in [-0.2, -0.15) is 0 Å². The van der Waals surface area contributed by atoms with Gasteiger partial charge in [-0.25, -0.2) is 4.98 Å². The van der Waals surface area contributed by atoms with Crippen LogP contribution in [-0.4, -0.2) is 29.2 Å². The smallest absolute Gasteiger partial charge is 0.135 e. The van der Waals surface area contributed by atoms with Crippen LogP contribution in [0.15, 0.2) is 6.20 Å². The van der Waals surface area contributed by atoms with E-state index in [9.17, 15) is 0 Å². The Bertz CT molecular complexity index is 334. The minimum absolute atomic E-state index is 0.541. The van der Waals surface area contributed by atoms with E-state index in [1.165, 1.54) is 12.8 Å². The lowest BCUT2D eigenvalue weighted by Crippen LogP contribution is -2.32. The van der Waals surface area contributed by atoms with Gasteiger partial charge < -0.3 is 14.6 Å². The largest absolute Gasteiger partial charge is 0.373 e. The summed E-state index contributed by atoms with van der Waals surface area (Å²) in [5, 5.41) is 4.03. The highest BCUT2D eigenvalue weighted by molar-refractivity contribution is 6.29. The standard InChI is InChI=1S/C11H18ClN3O/c1-15-10(12)6-14-11(15)8-16-7-9-3-2-4-13-5-9/h6,9,13H,2-5,7-8H2,1H3. The van der Waals surface area contributed by atoms with Crippen LogP contribution >= 0.6 is 11.6 Å². The lowest BCUT2D eigenvalue weighted by molar-refractivity contribution is 0.0729. The number of nitrogens with one attached hydrogen (secondary N) is 1. The molecule has 2 heterocycles. The van der Waals surface area contributed by atoms with E-state index < -0.39 is 0 Å². The Kier molecular flexibility index (Phi) is 4.21. The summed E-state index contributed by atoms with van der Waals surface area (Å²) >= 11 is 5.89. The van der Waals surface area contributed by atoms with Gasteiger partial charge in [0.05, 0.1) is 12.8 Å². The van der Waals surface area contributed by atoms with E-state index in [2.05, 4.69) is 10.3 Å². The molecule has 1 aliphatic heterocycles. The number of halogens is 1. The van der Waals surface area contributed by atoms with Gasteiger partial charge in [0.25, 0.3) is 0 Å². The fraction of sp³-hybridized carbons (Fsp3) is 0.727. The van der Waals surface area contributed by atoms with Crippen LogP contribution in [0.25, 0.3) is 0 Å². The molecule has 0 aromatic carbocycles. The highest BCUT2D eigenvalue weighted by atomic mass is 35.5. The Morgan fingerprint density at radius 2 is 2.56 bits per heavy atom. The molecule has 0 bridgehead atoms. The van der Waals surface area contributed by atoms with E-state index in [4.69, 9.17) is 16.3 Å². The molecule has 1 aromatic rings. The number of piperidine rings is 1. The van der Waals surface area contributed by atoms with E-state index in [0.29, 0.717) is 17.7 Å². The minimum Gasteiger partial charge on any atom is -0.373 e. The van der Waals surface area contributed by atoms with Gasteiger partial charge in [0, 0.05) is 13.6 Å². The van der Waals surface area contributed by atoms with Crippen molar-refractivity contribution in [3.8, 4) is 0 Å². The van der Waals surface area contributed by atoms with E-state index in [1.807, 2.05) is 11.6 Å². The first-order valence-corrected chi connectivity index (χ1v) is 6.09. The Balaban J connectivity index is 1.73. The zero-order valence-electron chi connectivity index (χ0n) is 9.58. The van der Waals surface area contributed by atoms with Gasteiger partial charge in [-0.15, -0.1) is 0 Å². The van der Waals surface area contributed by atoms with Crippen molar-refractivity contribution in [2.75, 3.05) is 19.7 Å². The molecule has 5 heteroatoms. The molecule has 1 saturated heterocycles. The van der Waals surface area contributed by atoms with Crippen LogP contribution in [0, 0.1) is 5.92 Å². The van der Waals surface area contributed by atoms with E-state index >= 15 is 0 Å². The molecule has 1 N–H and O–H groups in total. The van der Waals surface area contributed by atoms with Crippen LogP contribution < -0.4 is 5.32 Å². The third kappa shape index (κ3) is 2.97. The van der Waals surface area contributed by atoms with Gasteiger partial charge >= 0.3 is 0 Å². The zero-order valence-corrected chi connectivity index (χ0v) is 10.3. The minimum atomic E-state index is 0.541. The molecule has 16 heavy (non-hydrogen) atoms. The van der Waals surface area contributed by atoms with Crippen LogP contribution in [0.2, 0.25) is 5.15 Å². The summed E-state index contributed by atoms with van der Waals surface area (Å²) in [6, 6.07) is 0. The van der Waals surface area contributed by atoms with Gasteiger partial charge in [-0.3, -0.25) is 0 Å². The molecule has 1 aromatic heterocycles. The molecule has 1 atom stereocenters. The summed E-state index contributed by atoms with van der Waals surface area (Å²) in [5.41, 5.74) is 0. The van der Waals surface area contributed by atoms with Crippen molar-refractivity contribution in [2.24, 2.45) is 13.0 Å². The normalized spacial score (nSPS) is 21.2. The monoisotopic (exact) mass is 243 g/mol. The Morgan fingerprint density at radius 1 is 1.69 bits per heavy atom. The van der Waals surface area contributed by atoms with Crippen molar-refractivity contribution in [2.45, 2.75) is 19.4 Å². The summed E-state index contributed by atoms with van der Waals surface area (Å²) in [4.78, 5) is 4.19.